The van der Waals surface area contributed by atoms with Gasteiger partial charge in [-0.05, 0) is 18.9 Å². The molecule has 1 saturated carbocycles. The van der Waals surface area contributed by atoms with E-state index in [0.29, 0.717) is 48.0 Å². The molecule has 0 amide bonds. The number of nitrogens with one attached hydrogen (secondary N) is 1. The van der Waals surface area contributed by atoms with Crippen molar-refractivity contribution in [2.45, 2.75) is 25.4 Å². The van der Waals surface area contributed by atoms with Gasteiger partial charge < -0.3 is 10.2 Å². The second kappa shape index (κ2) is 8.04. The topological polar surface area (TPSA) is 81.0 Å². The van der Waals surface area contributed by atoms with Crippen molar-refractivity contribution in [3.8, 4) is 6.07 Å². The van der Waals surface area contributed by atoms with Crippen molar-refractivity contribution in [3.63, 3.8) is 0 Å². The van der Waals surface area contributed by atoms with Crippen LogP contribution in [0.4, 0.5) is 20.4 Å². The van der Waals surface area contributed by atoms with Gasteiger partial charge in [-0.1, -0.05) is 6.07 Å². The summed E-state index contributed by atoms with van der Waals surface area (Å²) in [7, 11) is 0. The van der Waals surface area contributed by atoms with Crippen LogP contribution in [0.25, 0.3) is 11.0 Å². The van der Waals surface area contributed by atoms with Crippen LogP contribution in [0.2, 0.25) is 0 Å². The predicted octanol–water partition coefficient (Wildman–Crippen LogP) is 3.07. The minimum absolute atomic E-state index is 0.307. The lowest BCUT2D eigenvalue weighted by atomic mass is 10.1. The van der Waals surface area contributed by atoms with Crippen LogP contribution < -0.4 is 10.2 Å². The van der Waals surface area contributed by atoms with Gasteiger partial charge in [-0.3, -0.25) is 4.90 Å². The molecule has 0 radical (unpaired) electrons. The Morgan fingerprint density at radius 1 is 1.06 bits per heavy atom. The maximum absolute atomic E-state index is 14.0. The van der Waals surface area contributed by atoms with Gasteiger partial charge >= 0.3 is 0 Å². The summed E-state index contributed by atoms with van der Waals surface area (Å²) in [5.74, 6) is 0.425. The fourth-order valence-corrected chi connectivity index (χ4v) is 3.76. The number of anilines is 2. The zero-order chi connectivity index (χ0) is 21.4. The highest BCUT2D eigenvalue weighted by Gasteiger charge is 2.27. The third kappa shape index (κ3) is 4.25. The molecule has 1 N–H and O–H groups in total. The van der Waals surface area contributed by atoms with E-state index >= 15 is 0 Å². The summed E-state index contributed by atoms with van der Waals surface area (Å²) in [5.41, 5.74) is 2.09. The maximum Gasteiger partial charge on any atom is 0.172 e. The van der Waals surface area contributed by atoms with E-state index in [1.54, 1.807) is 12.3 Å². The molecule has 0 spiro atoms. The molecule has 158 valence electrons. The SMILES string of the molecule is N#Cc1cc2nc(N3CCN(Cc4ccc(F)cc4F)CC3)c(NC3CC3)nc2cn1. The van der Waals surface area contributed by atoms with E-state index in [9.17, 15) is 8.78 Å². The number of hydrogen-bond donors (Lipinski definition) is 1. The van der Waals surface area contributed by atoms with Crippen LogP contribution in [0.5, 0.6) is 0 Å². The van der Waals surface area contributed by atoms with Crippen molar-refractivity contribution < 1.29 is 8.78 Å². The lowest BCUT2D eigenvalue weighted by molar-refractivity contribution is 0.246. The number of hydrogen-bond acceptors (Lipinski definition) is 7. The standard InChI is InChI=1S/C22H21F2N7/c23-15-2-1-14(18(24)9-15)13-30-5-7-31(8-6-30)22-21(27-16-3-4-16)28-20-12-26-17(11-25)10-19(20)29-22/h1-2,9-10,12,16H,3-8,13H2,(H,27,28). The fraction of sp³-hybridized carbons (Fsp3) is 0.364. The fourth-order valence-electron chi connectivity index (χ4n) is 3.76. The molecule has 31 heavy (non-hydrogen) atoms. The second-order valence-corrected chi connectivity index (χ2v) is 7.98. The van der Waals surface area contributed by atoms with Crippen molar-refractivity contribution >= 4 is 22.7 Å². The number of halogens is 2. The largest absolute Gasteiger partial charge is 0.364 e. The molecule has 3 aromatic rings. The van der Waals surface area contributed by atoms with E-state index in [0.717, 1.165) is 43.6 Å². The number of benzene rings is 1. The van der Waals surface area contributed by atoms with Crippen LogP contribution in [0.1, 0.15) is 24.1 Å². The number of nitriles is 1. The van der Waals surface area contributed by atoms with Crippen LogP contribution in [0.3, 0.4) is 0 Å². The highest BCUT2D eigenvalue weighted by atomic mass is 19.1. The Labute approximate surface area is 178 Å². The Morgan fingerprint density at radius 2 is 1.87 bits per heavy atom. The maximum atomic E-state index is 14.0. The zero-order valence-corrected chi connectivity index (χ0v) is 16.9. The molecule has 1 aliphatic heterocycles. The summed E-state index contributed by atoms with van der Waals surface area (Å²) < 4.78 is 27.2. The van der Waals surface area contributed by atoms with Crippen LogP contribution in [-0.2, 0) is 6.54 Å². The number of rotatable bonds is 5. The van der Waals surface area contributed by atoms with E-state index in [1.165, 1.54) is 12.1 Å². The Balaban J connectivity index is 1.35. The molecule has 2 fully saturated rings. The summed E-state index contributed by atoms with van der Waals surface area (Å²) in [6.07, 6.45) is 3.81. The van der Waals surface area contributed by atoms with Crippen molar-refractivity contribution in [2.24, 2.45) is 0 Å². The molecule has 7 nitrogen and oxygen atoms in total. The number of fused-ring (bicyclic) bond motifs is 1. The summed E-state index contributed by atoms with van der Waals surface area (Å²) in [6.45, 7) is 3.29. The van der Waals surface area contributed by atoms with E-state index in [1.807, 2.05) is 6.07 Å². The van der Waals surface area contributed by atoms with Crippen LogP contribution in [0.15, 0.2) is 30.5 Å². The van der Waals surface area contributed by atoms with Gasteiger partial charge in [-0.25, -0.2) is 23.7 Å². The first-order valence-corrected chi connectivity index (χ1v) is 10.3. The quantitative estimate of drug-likeness (QED) is 0.678. The third-order valence-electron chi connectivity index (χ3n) is 5.65. The van der Waals surface area contributed by atoms with Crippen LogP contribution >= 0.6 is 0 Å². The number of pyridine rings is 1. The lowest BCUT2D eigenvalue weighted by Gasteiger charge is -2.36. The predicted molar refractivity (Wildman–Crippen MR) is 113 cm³/mol. The van der Waals surface area contributed by atoms with Crippen LogP contribution in [0, 0.1) is 23.0 Å². The van der Waals surface area contributed by atoms with Gasteiger partial charge in [0, 0.05) is 56.5 Å². The molecule has 1 saturated heterocycles. The minimum Gasteiger partial charge on any atom is -0.364 e. The third-order valence-corrected chi connectivity index (χ3v) is 5.65. The van der Waals surface area contributed by atoms with Gasteiger partial charge in [-0.15, -0.1) is 0 Å². The van der Waals surface area contributed by atoms with E-state index in [-0.39, 0.29) is 0 Å². The van der Waals surface area contributed by atoms with Gasteiger partial charge in [0.1, 0.15) is 28.9 Å². The first-order chi connectivity index (χ1) is 15.1. The van der Waals surface area contributed by atoms with E-state index in [4.69, 9.17) is 15.2 Å². The zero-order valence-electron chi connectivity index (χ0n) is 16.9. The first-order valence-electron chi connectivity index (χ1n) is 10.3. The second-order valence-electron chi connectivity index (χ2n) is 7.98. The van der Waals surface area contributed by atoms with Crippen molar-refractivity contribution in [1.82, 2.24) is 19.9 Å². The summed E-state index contributed by atoms with van der Waals surface area (Å²) in [5, 5.41) is 12.6. The van der Waals surface area contributed by atoms with Gasteiger partial charge in [0.15, 0.2) is 11.6 Å². The monoisotopic (exact) mass is 421 g/mol. The normalized spacial score (nSPS) is 17.0. The Bertz CT molecular complexity index is 1160. The number of aromatic nitrogens is 3. The molecule has 0 bridgehead atoms. The molecule has 0 unspecified atom stereocenters. The molecule has 9 heteroatoms. The van der Waals surface area contributed by atoms with E-state index in [2.05, 4.69) is 20.1 Å². The molecule has 0 atom stereocenters. The van der Waals surface area contributed by atoms with Gasteiger partial charge in [-0.2, -0.15) is 5.26 Å². The van der Waals surface area contributed by atoms with Gasteiger partial charge in [0.2, 0.25) is 0 Å². The average molecular weight is 421 g/mol. The Morgan fingerprint density at radius 3 is 2.58 bits per heavy atom. The molecule has 1 aromatic carbocycles. The van der Waals surface area contributed by atoms with Crippen LogP contribution in [-0.4, -0.2) is 52.1 Å². The number of piperazine rings is 1. The van der Waals surface area contributed by atoms with Crippen molar-refractivity contribution in [1.29, 1.82) is 5.26 Å². The molecule has 5 rings (SSSR count). The smallest absolute Gasteiger partial charge is 0.172 e. The highest BCUT2D eigenvalue weighted by Crippen LogP contribution is 2.31. The first kappa shape index (κ1) is 19.6. The Kier molecular flexibility index (Phi) is 5.08. The Hall–Kier alpha value is -3.38. The molecule has 1 aliphatic carbocycles. The molecule has 2 aliphatic rings. The minimum atomic E-state index is -0.564. The lowest BCUT2D eigenvalue weighted by Crippen LogP contribution is -2.46. The van der Waals surface area contributed by atoms with Crippen molar-refractivity contribution in [3.05, 3.63) is 53.4 Å². The molecule has 3 heterocycles. The van der Waals surface area contributed by atoms with Gasteiger partial charge in [0.05, 0.1) is 11.7 Å². The van der Waals surface area contributed by atoms with Gasteiger partial charge in [0.25, 0.3) is 0 Å². The summed E-state index contributed by atoms with van der Waals surface area (Å²) in [4.78, 5) is 18.0. The molecular weight excluding hydrogens is 400 g/mol. The number of nitrogens with zero attached hydrogens (tertiary/aromatic N) is 6. The summed E-state index contributed by atoms with van der Waals surface area (Å²) in [6, 6.07) is 7.83. The summed E-state index contributed by atoms with van der Waals surface area (Å²) >= 11 is 0. The van der Waals surface area contributed by atoms with Crippen molar-refractivity contribution in [2.75, 3.05) is 36.4 Å². The average Bonchev–Trinajstić information content (AvgIpc) is 3.59. The highest BCUT2D eigenvalue weighted by molar-refractivity contribution is 5.81. The molecule has 2 aromatic heterocycles. The van der Waals surface area contributed by atoms with E-state index < -0.39 is 11.6 Å². The molecular formula is C22H21F2N7.